The van der Waals surface area contributed by atoms with Crippen molar-refractivity contribution in [1.82, 2.24) is 19.9 Å². The van der Waals surface area contributed by atoms with Gasteiger partial charge in [0, 0.05) is 41.0 Å². The van der Waals surface area contributed by atoms with Gasteiger partial charge in [-0.2, -0.15) is 0 Å². The third-order valence-electron chi connectivity index (χ3n) is 5.11. The minimum atomic E-state index is -0.369. The standard InChI is InChI=1S/C23H17FN4O/c1-14-9-19(18-8-7-17(24)10-20(18)26-14)23(29)28-12-16-11-25-22(27-21(16)13-28)15-5-3-2-4-6-15/h2-11H,12-13H2,1H3. The molecule has 4 aromatic rings. The highest BCUT2D eigenvalue weighted by atomic mass is 19.1. The van der Waals surface area contributed by atoms with E-state index in [-0.39, 0.29) is 11.7 Å². The highest BCUT2D eigenvalue weighted by Gasteiger charge is 2.27. The van der Waals surface area contributed by atoms with Crippen LogP contribution in [-0.4, -0.2) is 25.8 Å². The number of amides is 1. The Morgan fingerprint density at radius 3 is 2.69 bits per heavy atom. The van der Waals surface area contributed by atoms with Crippen LogP contribution in [0.4, 0.5) is 4.39 Å². The molecule has 0 saturated carbocycles. The summed E-state index contributed by atoms with van der Waals surface area (Å²) in [5, 5.41) is 0.647. The molecular weight excluding hydrogens is 367 g/mol. The molecular formula is C23H17FN4O. The van der Waals surface area contributed by atoms with Crippen molar-refractivity contribution in [2.75, 3.05) is 0 Å². The number of aryl methyl sites for hydroxylation is 1. The second kappa shape index (κ2) is 6.74. The van der Waals surface area contributed by atoms with Crippen molar-refractivity contribution in [3.8, 4) is 11.4 Å². The Morgan fingerprint density at radius 2 is 1.86 bits per heavy atom. The maximum absolute atomic E-state index is 13.6. The van der Waals surface area contributed by atoms with E-state index in [1.165, 1.54) is 12.1 Å². The molecule has 142 valence electrons. The number of hydrogen-bond acceptors (Lipinski definition) is 4. The van der Waals surface area contributed by atoms with Crippen LogP contribution in [0.15, 0.2) is 60.8 Å². The summed E-state index contributed by atoms with van der Waals surface area (Å²) in [5.41, 5.74) is 4.42. The molecule has 0 saturated heterocycles. The summed E-state index contributed by atoms with van der Waals surface area (Å²) in [4.78, 5) is 28.5. The van der Waals surface area contributed by atoms with Gasteiger partial charge in [-0.1, -0.05) is 30.3 Å². The summed E-state index contributed by atoms with van der Waals surface area (Å²) in [6.07, 6.45) is 1.79. The summed E-state index contributed by atoms with van der Waals surface area (Å²) < 4.78 is 13.6. The number of benzene rings is 2. The van der Waals surface area contributed by atoms with Crippen LogP contribution in [0.1, 0.15) is 27.3 Å². The van der Waals surface area contributed by atoms with Crippen molar-refractivity contribution in [3.63, 3.8) is 0 Å². The van der Waals surface area contributed by atoms with Crippen LogP contribution in [-0.2, 0) is 13.1 Å². The number of nitrogens with zero attached hydrogens (tertiary/aromatic N) is 4. The minimum absolute atomic E-state index is 0.119. The second-order valence-electron chi connectivity index (χ2n) is 7.17. The smallest absolute Gasteiger partial charge is 0.255 e. The second-order valence-corrected chi connectivity index (χ2v) is 7.17. The van der Waals surface area contributed by atoms with E-state index < -0.39 is 0 Å². The third kappa shape index (κ3) is 3.12. The van der Waals surface area contributed by atoms with Crippen LogP contribution in [0.5, 0.6) is 0 Å². The Kier molecular flexibility index (Phi) is 4.05. The molecule has 0 atom stereocenters. The molecule has 29 heavy (non-hydrogen) atoms. The Balaban J connectivity index is 1.48. The van der Waals surface area contributed by atoms with E-state index >= 15 is 0 Å². The van der Waals surface area contributed by atoms with Crippen LogP contribution < -0.4 is 0 Å². The summed E-state index contributed by atoms with van der Waals surface area (Å²) in [5.74, 6) is 0.164. The van der Waals surface area contributed by atoms with E-state index in [0.717, 1.165) is 16.8 Å². The molecule has 1 amide bonds. The lowest BCUT2D eigenvalue weighted by Gasteiger charge is -2.17. The van der Waals surface area contributed by atoms with E-state index in [1.54, 1.807) is 30.2 Å². The van der Waals surface area contributed by atoms with Crippen LogP contribution in [0.25, 0.3) is 22.3 Å². The fourth-order valence-corrected chi connectivity index (χ4v) is 3.70. The van der Waals surface area contributed by atoms with Crippen molar-refractivity contribution >= 4 is 16.8 Å². The highest BCUT2D eigenvalue weighted by molar-refractivity contribution is 6.06. The molecule has 0 spiro atoms. The molecule has 1 aliphatic rings. The topological polar surface area (TPSA) is 59.0 Å². The fourth-order valence-electron chi connectivity index (χ4n) is 3.70. The Labute approximate surface area is 166 Å². The summed E-state index contributed by atoms with van der Waals surface area (Å²) >= 11 is 0. The molecule has 5 rings (SSSR count). The van der Waals surface area contributed by atoms with Gasteiger partial charge in [-0.25, -0.2) is 14.4 Å². The number of hydrogen-bond donors (Lipinski definition) is 0. The van der Waals surface area contributed by atoms with Gasteiger partial charge in [0.1, 0.15) is 5.82 Å². The first-order valence-corrected chi connectivity index (χ1v) is 9.35. The van der Waals surface area contributed by atoms with Crippen molar-refractivity contribution in [2.24, 2.45) is 0 Å². The zero-order valence-corrected chi connectivity index (χ0v) is 15.8. The highest BCUT2D eigenvalue weighted by Crippen LogP contribution is 2.27. The van der Waals surface area contributed by atoms with Gasteiger partial charge in [0.25, 0.3) is 5.91 Å². The van der Waals surface area contributed by atoms with E-state index in [0.29, 0.717) is 41.1 Å². The molecule has 5 nitrogen and oxygen atoms in total. The van der Waals surface area contributed by atoms with Gasteiger partial charge >= 0.3 is 0 Å². The molecule has 0 N–H and O–H groups in total. The van der Waals surface area contributed by atoms with Gasteiger partial charge in [-0.05, 0) is 25.1 Å². The predicted octanol–water partition coefficient (Wildman–Crippen LogP) is 4.30. The maximum Gasteiger partial charge on any atom is 0.255 e. The SMILES string of the molecule is Cc1cc(C(=O)N2Cc3cnc(-c4ccccc4)nc3C2)c2ccc(F)cc2n1. The monoisotopic (exact) mass is 384 g/mol. The number of rotatable bonds is 2. The lowest BCUT2D eigenvalue weighted by Crippen LogP contribution is -2.25. The summed E-state index contributed by atoms with van der Waals surface area (Å²) in [6, 6.07) is 15.8. The van der Waals surface area contributed by atoms with Gasteiger partial charge in [-0.3, -0.25) is 9.78 Å². The summed E-state index contributed by atoms with van der Waals surface area (Å²) in [7, 11) is 0. The zero-order valence-electron chi connectivity index (χ0n) is 15.8. The average Bonchev–Trinajstić information content (AvgIpc) is 3.16. The molecule has 2 aromatic heterocycles. The molecule has 0 unspecified atom stereocenters. The zero-order chi connectivity index (χ0) is 20.0. The van der Waals surface area contributed by atoms with Gasteiger partial charge in [-0.15, -0.1) is 0 Å². The van der Waals surface area contributed by atoms with Crippen molar-refractivity contribution in [1.29, 1.82) is 0 Å². The maximum atomic E-state index is 13.6. The van der Waals surface area contributed by atoms with Crippen molar-refractivity contribution in [2.45, 2.75) is 20.0 Å². The van der Waals surface area contributed by atoms with Gasteiger partial charge in [0.05, 0.1) is 23.3 Å². The third-order valence-corrected chi connectivity index (χ3v) is 5.11. The molecule has 0 fully saturated rings. The van der Waals surface area contributed by atoms with E-state index in [4.69, 9.17) is 0 Å². The molecule has 0 aliphatic carbocycles. The van der Waals surface area contributed by atoms with Gasteiger partial charge < -0.3 is 4.90 Å². The van der Waals surface area contributed by atoms with Crippen LogP contribution in [0, 0.1) is 12.7 Å². The molecule has 6 heteroatoms. The Morgan fingerprint density at radius 1 is 1.03 bits per heavy atom. The van der Waals surface area contributed by atoms with E-state index in [1.807, 2.05) is 30.3 Å². The number of halogens is 1. The quantitative estimate of drug-likeness (QED) is 0.517. The number of pyridine rings is 1. The molecule has 3 heterocycles. The first kappa shape index (κ1) is 17.4. The Hall–Kier alpha value is -3.67. The number of aromatic nitrogens is 3. The van der Waals surface area contributed by atoms with Crippen molar-refractivity contribution in [3.05, 3.63) is 89.1 Å². The molecule has 2 aromatic carbocycles. The van der Waals surface area contributed by atoms with Gasteiger partial charge in [0.15, 0.2) is 5.82 Å². The van der Waals surface area contributed by atoms with Gasteiger partial charge in [0.2, 0.25) is 0 Å². The predicted molar refractivity (Wildman–Crippen MR) is 107 cm³/mol. The van der Waals surface area contributed by atoms with Crippen LogP contribution in [0.2, 0.25) is 0 Å². The van der Waals surface area contributed by atoms with Crippen LogP contribution >= 0.6 is 0 Å². The Bertz CT molecular complexity index is 1250. The number of fused-ring (bicyclic) bond motifs is 2. The number of carbonyl (C=O) groups is 1. The normalized spacial score (nSPS) is 13.0. The van der Waals surface area contributed by atoms with Crippen molar-refractivity contribution < 1.29 is 9.18 Å². The number of carbonyl (C=O) groups excluding carboxylic acids is 1. The van der Waals surface area contributed by atoms with E-state index in [9.17, 15) is 9.18 Å². The van der Waals surface area contributed by atoms with E-state index in [2.05, 4.69) is 15.0 Å². The average molecular weight is 384 g/mol. The van der Waals surface area contributed by atoms with Crippen LogP contribution in [0.3, 0.4) is 0 Å². The first-order valence-electron chi connectivity index (χ1n) is 9.35. The first-order chi connectivity index (χ1) is 14.1. The summed E-state index contributed by atoms with van der Waals surface area (Å²) in [6.45, 7) is 2.67. The fraction of sp³-hybridized carbons (Fsp3) is 0.130. The largest absolute Gasteiger partial charge is 0.328 e. The lowest BCUT2D eigenvalue weighted by atomic mass is 10.1. The minimum Gasteiger partial charge on any atom is -0.328 e. The molecule has 0 bridgehead atoms. The lowest BCUT2D eigenvalue weighted by molar-refractivity contribution is 0.0752. The molecule has 1 aliphatic heterocycles. The molecule has 0 radical (unpaired) electrons.